The molecule has 2 aromatic carbocycles. The van der Waals surface area contributed by atoms with E-state index in [-0.39, 0.29) is 26.2 Å². The maximum absolute atomic E-state index is 7.27. The quantitative estimate of drug-likeness (QED) is 0.401. The summed E-state index contributed by atoms with van der Waals surface area (Å²) in [6.07, 6.45) is 1.63. The average Bonchev–Trinajstić information content (AvgIpc) is 2.98. The van der Waals surface area contributed by atoms with Crippen LogP contribution in [0, 0.1) is 0 Å². The van der Waals surface area contributed by atoms with Crippen molar-refractivity contribution in [1.82, 2.24) is 0 Å². The van der Waals surface area contributed by atoms with Crippen molar-refractivity contribution in [3.05, 3.63) is 81.9 Å². The largest absolute Gasteiger partial charge is 0.109 e. The Hall–Kier alpha value is -0.617. The van der Waals surface area contributed by atoms with Crippen LogP contribution in [0.25, 0.3) is 11.1 Å². The summed E-state index contributed by atoms with van der Waals surface area (Å²) in [5.74, 6) is 0. The normalized spacial score (nSPS) is 26.1. The fourth-order valence-electron chi connectivity index (χ4n) is 4.70. The Morgan fingerprint density at radius 1 is 0.630 bits per heavy atom. The Morgan fingerprint density at radius 2 is 0.963 bits per heavy atom. The van der Waals surface area contributed by atoms with Gasteiger partial charge in [0.2, 0.25) is 0 Å². The van der Waals surface area contributed by atoms with Crippen LogP contribution in [0.2, 0.25) is 0 Å². The second-order valence-corrected chi connectivity index (χ2v) is 8.98. The van der Waals surface area contributed by atoms with Crippen LogP contribution in [0.4, 0.5) is 0 Å². The van der Waals surface area contributed by atoms with Gasteiger partial charge in [-0.3, -0.25) is 0 Å². The van der Waals surface area contributed by atoms with Gasteiger partial charge in [0, 0.05) is 26.2 Å². The van der Waals surface area contributed by atoms with Gasteiger partial charge in [0.05, 0.1) is 9.75 Å². The van der Waals surface area contributed by atoms with Crippen molar-refractivity contribution >= 4 is 34.3 Å². The topological polar surface area (TPSA) is 0 Å². The van der Waals surface area contributed by atoms with E-state index in [4.69, 9.17) is 23.2 Å². The summed E-state index contributed by atoms with van der Waals surface area (Å²) < 4.78 is 0. The van der Waals surface area contributed by atoms with E-state index in [1.54, 1.807) is 0 Å². The van der Waals surface area contributed by atoms with Crippen LogP contribution in [-0.2, 0) is 36.0 Å². The monoisotopic (exact) mass is 472 g/mol. The average molecular weight is 475 g/mol. The van der Waals surface area contributed by atoms with E-state index in [1.165, 1.54) is 44.5 Å². The molecule has 0 aliphatic heterocycles. The minimum atomic E-state index is -0.464. The van der Waals surface area contributed by atoms with Crippen LogP contribution in [0.1, 0.15) is 62.8 Å². The molecule has 0 amide bonds. The molecule has 2 unspecified atom stereocenters. The van der Waals surface area contributed by atoms with Gasteiger partial charge in [-0.2, -0.15) is 0 Å². The Bertz CT molecular complexity index is 892. The molecule has 3 heteroatoms. The summed E-state index contributed by atoms with van der Waals surface area (Å²) in [6.45, 7) is 8.68. The molecule has 0 saturated carbocycles. The van der Waals surface area contributed by atoms with Crippen LogP contribution in [0.5, 0.6) is 0 Å². The minimum absolute atomic E-state index is 0. The van der Waals surface area contributed by atoms with E-state index in [2.05, 4.69) is 76.2 Å². The SMILES string of the molecule is CC1=C(C)C(Cl)(CCC2(Cl)C(C)=C(C)c3ccccc32)c2ccccc21.[Zr]. The first-order valence-electron chi connectivity index (χ1n) is 9.24. The van der Waals surface area contributed by atoms with Crippen LogP contribution >= 0.6 is 23.2 Å². The smallest absolute Gasteiger partial charge is 0.0914 e. The van der Waals surface area contributed by atoms with Gasteiger partial charge in [0.25, 0.3) is 0 Å². The van der Waals surface area contributed by atoms with Crippen molar-refractivity contribution in [1.29, 1.82) is 0 Å². The Kier molecular flexibility index (Phi) is 5.73. The van der Waals surface area contributed by atoms with Crippen molar-refractivity contribution in [2.24, 2.45) is 0 Å². The Labute approximate surface area is 191 Å². The third-order valence-electron chi connectivity index (χ3n) is 6.64. The van der Waals surface area contributed by atoms with E-state index in [0.717, 1.165) is 12.8 Å². The predicted octanol–water partition coefficient (Wildman–Crippen LogP) is 7.65. The first-order valence-corrected chi connectivity index (χ1v) is 10.00. The summed E-state index contributed by atoms with van der Waals surface area (Å²) in [6, 6.07) is 17.0. The molecule has 0 aromatic heterocycles. The molecule has 27 heavy (non-hydrogen) atoms. The molecule has 0 saturated heterocycles. The second-order valence-electron chi connectivity index (χ2n) is 7.69. The Morgan fingerprint density at radius 3 is 1.33 bits per heavy atom. The van der Waals surface area contributed by atoms with Gasteiger partial charge in [0.15, 0.2) is 0 Å². The van der Waals surface area contributed by atoms with Gasteiger partial charge >= 0.3 is 0 Å². The van der Waals surface area contributed by atoms with Gasteiger partial charge in [-0.25, -0.2) is 0 Å². The van der Waals surface area contributed by atoms with Gasteiger partial charge in [-0.05, 0) is 85.1 Å². The Balaban J connectivity index is 0.00000210. The first kappa shape index (κ1) is 21.1. The number of hydrogen-bond donors (Lipinski definition) is 0. The molecule has 0 bridgehead atoms. The van der Waals surface area contributed by atoms with Crippen molar-refractivity contribution in [2.75, 3.05) is 0 Å². The number of alkyl halides is 2. The fourth-order valence-corrected chi connectivity index (χ4v) is 5.50. The van der Waals surface area contributed by atoms with Gasteiger partial charge in [-0.15, -0.1) is 23.2 Å². The second kappa shape index (κ2) is 7.33. The third kappa shape index (κ3) is 2.97. The molecule has 2 atom stereocenters. The maximum Gasteiger partial charge on any atom is 0.0914 e. The summed E-state index contributed by atoms with van der Waals surface area (Å²) in [5, 5.41) is 0. The van der Waals surface area contributed by atoms with E-state index < -0.39 is 9.75 Å². The zero-order valence-corrected chi connectivity index (χ0v) is 20.3. The number of allylic oxidation sites excluding steroid dienone is 4. The van der Waals surface area contributed by atoms with Crippen molar-refractivity contribution < 1.29 is 26.2 Å². The van der Waals surface area contributed by atoms with Gasteiger partial charge in [0.1, 0.15) is 0 Å². The zero-order chi connectivity index (χ0) is 18.7. The van der Waals surface area contributed by atoms with E-state index >= 15 is 0 Å². The molecule has 2 aliphatic rings. The molecular weight excluding hydrogens is 450 g/mol. The summed E-state index contributed by atoms with van der Waals surface area (Å²) in [5.41, 5.74) is 10.1. The molecule has 0 N–H and O–H groups in total. The van der Waals surface area contributed by atoms with E-state index in [9.17, 15) is 0 Å². The number of halogens is 2. The number of benzene rings is 2. The molecule has 2 aliphatic carbocycles. The minimum Gasteiger partial charge on any atom is -0.109 e. The summed E-state index contributed by atoms with van der Waals surface area (Å²) >= 11 is 14.5. The molecule has 2 aromatic rings. The summed E-state index contributed by atoms with van der Waals surface area (Å²) in [7, 11) is 0. The first-order chi connectivity index (χ1) is 12.3. The molecular formula is C24H24Cl2Zr. The number of fused-ring (bicyclic) bond motifs is 2. The summed E-state index contributed by atoms with van der Waals surface area (Å²) in [4.78, 5) is -0.928. The van der Waals surface area contributed by atoms with Crippen molar-refractivity contribution in [3.8, 4) is 0 Å². The zero-order valence-electron chi connectivity index (χ0n) is 16.3. The van der Waals surface area contributed by atoms with Crippen LogP contribution < -0.4 is 0 Å². The molecule has 0 spiro atoms. The molecule has 0 radical (unpaired) electrons. The van der Waals surface area contributed by atoms with Gasteiger partial charge < -0.3 is 0 Å². The molecule has 0 heterocycles. The molecule has 0 nitrogen and oxygen atoms in total. The van der Waals surface area contributed by atoms with Gasteiger partial charge in [-0.1, -0.05) is 48.5 Å². The van der Waals surface area contributed by atoms with Crippen LogP contribution in [0.3, 0.4) is 0 Å². The number of hydrogen-bond acceptors (Lipinski definition) is 0. The van der Waals surface area contributed by atoms with E-state index in [1.807, 2.05) is 0 Å². The van der Waals surface area contributed by atoms with Crippen LogP contribution in [0.15, 0.2) is 59.7 Å². The maximum atomic E-state index is 7.27. The molecule has 4 rings (SSSR count). The fraction of sp³-hybridized carbons (Fsp3) is 0.333. The van der Waals surface area contributed by atoms with Crippen molar-refractivity contribution in [2.45, 2.75) is 50.3 Å². The number of rotatable bonds is 3. The van der Waals surface area contributed by atoms with Crippen LogP contribution in [-0.4, -0.2) is 0 Å². The standard InChI is InChI=1S/C24H24Cl2.Zr/c1-15-17(3)23(25,21-11-7-5-9-19(15)21)13-14-24(26)18(4)16(2)20-10-6-8-12-22(20)24;/h5-12H,13-14H2,1-4H3;. The molecule has 0 fully saturated rings. The predicted molar refractivity (Wildman–Crippen MR) is 114 cm³/mol. The van der Waals surface area contributed by atoms with E-state index in [0.29, 0.717) is 0 Å². The molecule has 138 valence electrons. The van der Waals surface area contributed by atoms with Crippen molar-refractivity contribution in [3.63, 3.8) is 0 Å². The third-order valence-corrected chi connectivity index (χ3v) is 8.00.